The summed E-state index contributed by atoms with van der Waals surface area (Å²) in [6.45, 7) is 2.22. The minimum Gasteiger partial charge on any atom is -0.496 e. The van der Waals surface area contributed by atoms with E-state index in [4.69, 9.17) is 4.74 Å². The minimum atomic E-state index is -0.0935. The zero-order chi connectivity index (χ0) is 15.7. The number of rotatable bonds is 10. The number of hydrogen-bond acceptors (Lipinski definition) is 2. The lowest BCUT2D eigenvalue weighted by Crippen LogP contribution is -2.14. The number of methoxy groups -OCH3 is 1. The van der Waals surface area contributed by atoms with Crippen molar-refractivity contribution >= 4 is 37.6 Å². The van der Waals surface area contributed by atoms with Crippen LogP contribution in [0.15, 0.2) is 22.7 Å². The molecule has 0 unspecified atom stereocenters. The summed E-state index contributed by atoms with van der Waals surface area (Å²) in [6.07, 6.45) is 8.38. The standard InChI is InChI=1S/C17H24Br2O2/c1-3-4-5-6-7-8-9-14(18)17(20)13-10-11-16(21-2)15(19)12-13/h10-12,14H,3-9H2,1-2H3/t14-/m0/s1. The zero-order valence-electron chi connectivity index (χ0n) is 12.8. The monoisotopic (exact) mass is 418 g/mol. The predicted molar refractivity (Wildman–Crippen MR) is 95.7 cm³/mol. The van der Waals surface area contributed by atoms with E-state index < -0.39 is 0 Å². The average Bonchev–Trinajstić information content (AvgIpc) is 2.49. The van der Waals surface area contributed by atoms with Gasteiger partial charge in [0.2, 0.25) is 0 Å². The number of Topliss-reactive ketones (excluding diaryl/α,β-unsaturated/α-hetero) is 1. The molecule has 0 heterocycles. The molecule has 0 spiro atoms. The zero-order valence-corrected chi connectivity index (χ0v) is 16.0. The smallest absolute Gasteiger partial charge is 0.176 e. The first-order valence-corrected chi connectivity index (χ1v) is 9.32. The molecule has 1 rings (SSSR count). The molecule has 4 heteroatoms. The van der Waals surface area contributed by atoms with Gasteiger partial charge < -0.3 is 4.74 Å². The fourth-order valence-electron chi connectivity index (χ4n) is 2.24. The predicted octanol–water partition coefficient (Wildman–Crippen LogP) is 6.15. The van der Waals surface area contributed by atoms with Crippen LogP contribution in [0.25, 0.3) is 0 Å². The summed E-state index contributed by atoms with van der Waals surface area (Å²) in [6, 6.07) is 5.47. The Morgan fingerprint density at radius 1 is 1.19 bits per heavy atom. The van der Waals surface area contributed by atoms with E-state index in [0.717, 1.165) is 28.6 Å². The third kappa shape index (κ3) is 6.52. The molecule has 0 saturated heterocycles. The molecule has 0 aliphatic rings. The number of ether oxygens (including phenoxy) is 1. The number of alkyl halides is 1. The second kappa shape index (κ2) is 10.4. The summed E-state index contributed by atoms with van der Waals surface area (Å²) < 4.78 is 6.00. The van der Waals surface area contributed by atoms with E-state index in [9.17, 15) is 4.79 Å². The van der Waals surface area contributed by atoms with Crippen LogP contribution in [0.4, 0.5) is 0 Å². The van der Waals surface area contributed by atoms with Crippen LogP contribution in [0.1, 0.15) is 62.2 Å². The molecular formula is C17H24Br2O2. The number of carbonyl (C=O) groups excluding carboxylic acids is 1. The van der Waals surface area contributed by atoms with Crippen molar-refractivity contribution in [3.8, 4) is 5.75 Å². The van der Waals surface area contributed by atoms with E-state index >= 15 is 0 Å². The van der Waals surface area contributed by atoms with Crippen LogP contribution >= 0.6 is 31.9 Å². The summed E-state index contributed by atoms with van der Waals surface area (Å²) in [5.41, 5.74) is 0.718. The highest BCUT2D eigenvalue weighted by atomic mass is 79.9. The van der Waals surface area contributed by atoms with Crippen LogP contribution in [-0.2, 0) is 0 Å². The van der Waals surface area contributed by atoms with Gasteiger partial charge in [-0.1, -0.05) is 61.4 Å². The second-order valence-electron chi connectivity index (χ2n) is 5.24. The molecule has 0 amide bonds. The number of ketones is 1. The van der Waals surface area contributed by atoms with E-state index in [1.165, 1.54) is 32.1 Å². The molecule has 0 N–H and O–H groups in total. The normalized spacial score (nSPS) is 12.2. The average molecular weight is 420 g/mol. The Balaban J connectivity index is 2.41. The van der Waals surface area contributed by atoms with E-state index in [0.29, 0.717) is 0 Å². The molecule has 1 atom stereocenters. The van der Waals surface area contributed by atoms with Crippen molar-refractivity contribution in [3.63, 3.8) is 0 Å². The van der Waals surface area contributed by atoms with E-state index in [-0.39, 0.29) is 10.6 Å². The Labute approximate surface area is 144 Å². The molecular weight excluding hydrogens is 396 g/mol. The summed E-state index contributed by atoms with van der Waals surface area (Å²) in [5, 5.41) is 0. The molecule has 0 bridgehead atoms. The Kier molecular flexibility index (Phi) is 9.25. The minimum absolute atomic E-state index is 0.0935. The third-order valence-corrected chi connectivity index (χ3v) is 5.03. The van der Waals surface area contributed by atoms with Gasteiger partial charge in [0, 0.05) is 5.56 Å². The molecule has 0 aliphatic carbocycles. The van der Waals surface area contributed by atoms with Crippen LogP contribution in [0, 0.1) is 0 Å². The van der Waals surface area contributed by atoms with Crippen LogP contribution in [0.3, 0.4) is 0 Å². The molecule has 1 aromatic carbocycles. The summed E-state index contributed by atoms with van der Waals surface area (Å²) in [4.78, 5) is 12.3. The topological polar surface area (TPSA) is 26.3 Å². The Hall–Kier alpha value is -0.350. The van der Waals surface area contributed by atoms with Crippen molar-refractivity contribution in [2.24, 2.45) is 0 Å². The van der Waals surface area contributed by atoms with Crippen LogP contribution in [-0.4, -0.2) is 17.7 Å². The molecule has 118 valence electrons. The van der Waals surface area contributed by atoms with E-state index in [1.807, 2.05) is 18.2 Å². The Morgan fingerprint density at radius 2 is 1.86 bits per heavy atom. The van der Waals surface area contributed by atoms with E-state index in [2.05, 4.69) is 38.8 Å². The Bertz CT molecular complexity index is 446. The van der Waals surface area contributed by atoms with Crippen LogP contribution < -0.4 is 4.74 Å². The third-order valence-electron chi connectivity index (χ3n) is 3.53. The number of hydrogen-bond donors (Lipinski definition) is 0. The van der Waals surface area contributed by atoms with Crippen molar-refractivity contribution in [2.75, 3.05) is 7.11 Å². The van der Waals surface area contributed by atoms with Gasteiger partial charge in [-0.2, -0.15) is 0 Å². The van der Waals surface area contributed by atoms with Crippen LogP contribution in [0.2, 0.25) is 0 Å². The summed E-state index contributed by atoms with van der Waals surface area (Å²) in [5.74, 6) is 0.889. The van der Waals surface area contributed by atoms with Gasteiger partial charge in [0.05, 0.1) is 16.4 Å². The molecule has 2 nitrogen and oxygen atoms in total. The van der Waals surface area contributed by atoms with Gasteiger partial charge in [-0.15, -0.1) is 0 Å². The van der Waals surface area contributed by atoms with Crippen molar-refractivity contribution < 1.29 is 9.53 Å². The molecule has 0 saturated carbocycles. The maximum atomic E-state index is 12.4. The molecule has 0 aromatic heterocycles. The van der Waals surface area contributed by atoms with Gasteiger partial charge in [0.25, 0.3) is 0 Å². The highest BCUT2D eigenvalue weighted by Gasteiger charge is 2.17. The van der Waals surface area contributed by atoms with Gasteiger partial charge in [0.1, 0.15) is 5.75 Å². The maximum Gasteiger partial charge on any atom is 0.176 e. The first kappa shape index (κ1) is 18.7. The number of carbonyl (C=O) groups is 1. The highest BCUT2D eigenvalue weighted by Crippen LogP contribution is 2.27. The van der Waals surface area contributed by atoms with Gasteiger partial charge in [-0.05, 0) is 40.5 Å². The first-order chi connectivity index (χ1) is 10.1. The van der Waals surface area contributed by atoms with E-state index in [1.54, 1.807) is 7.11 Å². The van der Waals surface area contributed by atoms with Crippen molar-refractivity contribution in [1.82, 2.24) is 0 Å². The second-order valence-corrected chi connectivity index (χ2v) is 7.20. The summed E-state index contributed by atoms with van der Waals surface area (Å²) >= 11 is 6.95. The van der Waals surface area contributed by atoms with Gasteiger partial charge in [-0.25, -0.2) is 0 Å². The van der Waals surface area contributed by atoms with Crippen molar-refractivity contribution in [2.45, 2.75) is 56.7 Å². The van der Waals surface area contributed by atoms with Gasteiger partial charge >= 0.3 is 0 Å². The SMILES string of the molecule is CCCCCCCC[C@H](Br)C(=O)c1ccc(OC)c(Br)c1. The fraction of sp³-hybridized carbons (Fsp3) is 0.588. The lowest BCUT2D eigenvalue weighted by atomic mass is 10.0. The van der Waals surface area contributed by atoms with Crippen molar-refractivity contribution in [1.29, 1.82) is 0 Å². The number of unbranched alkanes of at least 4 members (excludes halogenated alkanes) is 5. The quantitative estimate of drug-likeness (QED) is 0.258. The molecule has 0 fully saturated rings. The number of halogens is 2. The molecule has 0 radical (unpaired) electrons. The molecule has 1 aromatic rings. The van der Waals surface area contributed by atoms with Crippen LogP contribution in [0.5, 0.6) is 5.75 Å². The lowest BCUT2D eigenvalue weighted by molar-refractivity contribution is 0.0987. The lowest BCUT2D eigenvalue weighted by Gasteiger charge is -2.10. The number of benzene rings is 1. The van der Waals surface area contributed by atoms with Gasteiger partial charge in [0.15, 0.2) is 5.78 Å². The largest absolute Gasteiger partial charge is 0.496 e. The van der Waals surface area contributed by atoms with Crippen molar-refractivity contribution in [3.05, 3.63) is 28.2 Å². The summed E-state index contributed by atoms with van der Waals surface area (Å²) in [7, 11) is 1.62. The first-order valence-electron chi connectivity index (χ1n) is 7.62. The maximum absolute atomic E-state index is 12.4. The molecule has 0 aliphatic heterocycles. The highest BCUT2D eigenvalue weighted by molar-refractivity contribution is 9.10. The van der Waals surface area contributed by atoms with Gasteiger partial charge in [-0.3, -0.25) is 4.79 Å². The Morgan fingerprint density at radius 3 is 2.48 bits per heavy atom. The fourth-order valence-corrected chi connectivity index (χ4v) is 3.36. The molecule has 21 heavy (non-hydrogen) atoms.